The number of nitrogens with zero attached hydrogens (tertiary/aromatic N) is 2. The van der Waals surface area contributed by atoms with Crippen LogP contribution in [0, 0.1) is 11.3 Å². The van der Waals surface area contributed by atoms with E-state index >= 15 is 0 Å². The van der Waals surface area contributed by atoms with Crippen LogP contribution in [-0.2, 0) is 11.3 Å². The summed E-state index contributed by atoms with van der Waals surface area (Å²) >= 11 is 1.79. The highest BCUT2D eigenvalue weighted by Gasteiger charge is 2.15. The van der Waals surface area contributed by atoms with E-state index < -0.39 is 5.54 Å². The van der Waals surface area contributed by atoms with Crippen molar-refractivity contribution < 1.29 is 9.47 Å². The summed E-state index contributed by atoms with van der Waals surface area (Å²) in [6.07, 6.45) is 9.33. The summed E-state index contributed by atoms with van der Waals surface area (Å²) in [5, 5.41) is 12.4. The molecule has 1 aliphatic rings. The SMILES string of the molecule is COC1=CCC=C(CN(Cc2ccc(OC)cc2)SCCNC(C)(C)C#N)C=C1. The Morgan fingerprint density at radius 3 is 2.52 bits per heavy atom. The number of nitriles is 1. The number of hydrogen-bond donors (Lipinski definition) is 1. The number of benzene rings is 1. The molecular formula is C23H31N3O2S. The Morgan fingerprint density at radius 1 is 1.10 bits per heavy atom. The molecule has 0 spiro atoms. The van der Waals surface area contributed by atoms with Gasteiger partial charge in [-0.1, -0.05) is 36.2 Å². The van der Waals surface area contributed by atoms with Gasteiger partial charge >= 0.3 is 0 Å². The molecule has 0 saturated carbocycles. The number of allylic oxidation sites excluding steroid dienone is 3. The largest absolute Gasteiger partial charge is 0.497 e. The van der Waals surface area contributed by atoms with Gasteiger partial charge in [0.1, 0.15) is 17.0 Å². The molecule has 0 unspecified atom stereocenters. The smallest absolute Gasteiger partial charge is 0.118 e. The summed E-state index contributed by atoms with van der Waals surface area (Å²) in [6.45, 7) is 6.23. The zero-order chi connectivity index (χ0) is 21.1. The Morgan fingerprint density at radius 2 is 1.86 bits per heavy atom. The van der Waals surface area contributed by atoms with Crippen molar-refractivity contribution in [1.29, 1.82) is 5.26 Å². The predicted molar refractivity (Wildman–Crippen MR) is 120 cm³/mol. The third-order valence-corrected chi connectivity index (χ3v) is 5.51. The lowest BCUT2D eigenvalue weighted by Crippen LogP contribution is -2.39. The first-order chi connectivity index (χ1) is 14.0. The van der Waals surface area contributed by atoms with E-state index in [-0.39, 0.29) is 0 Å². The normalized spacial score (nSPS) is 14.1. The second-order valence-corrected chi connectivity index (χ2v) is 8.48. The highest BCUT2D eigenvalue weighted by atomic mass is 32.2. The van der Waals surface area contributed by atoms with Crippen molar-refractivity contribution in [3.8, 4) is 11.8 Å². The molecule has 0 aliphatic heterocycles. The Kier molecular flexibility index (Phi) is 9.33. The third-order valence-electron chi connectivity index (χ3n) is 4.50. The van der Waals surface area contributed by atoms with Crippen LogP contribution >= 0.6 is 11.9 Å². The molecule has 0 saturated heterocycles. The van der Waals surface area contributed by atoms with Crippen LogP contribution in [0.15, 0.2) is 59.9 Å². The van der Waals surface area contributed by atoms with Gasteiger partial charge < -0.3 is 9.47 Å². The van der Waals surface area contributed by atoms with Gasteiger partial charge in [-0.05, 0) is 55.7 Å². The molecule has 0 bridgehead atoms. The molecular weight excluding hydrogens is 382 g/mol. The lowest BCUT2D eigenvalue weighted by molar-refractivity contribution is 0.306. The maximum absolute atomic E-state index is 9.15. The predicted octanol–water partition coefficient (Wildman–Crippen LogP) is 4.45. The molecule has 6 heteroatoms. The molecule has 0 fully saturated rings. The van der Waals surface area contributed by atoms with Crippen molar-refractivity contribution in [3.63, 3.8) is 0 Å². The Labute approximate surface area is 179 Å². The topological polar surface area (TPSA) is 57.5 Å². The monoisotopic (exact) mass is 413 g/mol. The molecule has 1 aromatic carbocycles. The van der Waals surface area contributed by atoms with E-state index in [9.17, 15) is 0 Å². The van der Waals surface area contributed by atoms with Crippen LogP contribution in [0.4, 0.5) is 0 Å². The van der Waals surface area contributed by atoms with Crippen LogP contribution in [0.1, 0.15) is 25.8 Å². The molecule has 2 rings (SSSR count). The number of ether oxygens (including phenoxy) is 2. The molecule has 5 nitrogen and oxygen atoms in total. The highest BCUT2D eigenvalue weighted by molar-refractivity contribution is 7.97. The van der Waals surface area contributed by atoms with Crippen molar-refractivity contribution in [3.05, 3.63) is 65.5 Å². The minimum absolute atomic E-state index is 0.504. The quantitative estimate of drug-likeness (QED) is 0.427. The highest BCUT2D eigenvalue weighted by Crippen LogP contribution is 2.21. The first-order valence-electron chi connectivity index (χ1n) is 9.74. The second-order valence-electron chi connectivity index (χ2n) is 7.30. The van der Waals surface area contributed by atoms with Gasteiger partial charge in [0, 0.05) is 25.4 Å². The van der Waals surface area contributed by atoms with Gasteiger partial charge in [-0.2, -0.15) is 5.26 Å². The van der Waals surface area contributed by atoms with E-state index in [1.807, 2.05) is 32.1 Å². The van der Waals surface area contributed by atoms with E-state index in [1.165, 1.54) is 11.1 Å². The molecule has 0 radical (unpaired) electrons. The summed E-state index contributed by atoms with van der Waals surface area (Å²) in [5.41, 5.74) is 1.99. The third kappa shape index (κ3) is 8.36. The Balaban J connectivity index is 2.00. The number of methoxy groups -OCH3 is 2. The molecule has 1 aromatic rings. The van der Waals surface area contributed by atoms with Crippen molar-refractivity contribution in [2.24, 2.45) is 0 Å². The van der Waals surface area contributed by atoms with Crippen LogP contribution in [0.5, 0.6) is 5.75 Å². The van der Waals surface area contributed by atoms with Gasteiger partial charge in [-0.3, -0.25) is 5.32 Å². The zero-order valence-electron chi connectivity index (χ0n) is 17.8. The molecule has 0 aromatic heterocycles. The molecule has 1 aliphatic carbocycles. The summed E-state index contributed by atoms with van der Waals surface area (Å²) in [4.78, 5) is 0. The number of rotatable bonds is 11. The van der Waals surface area contributed by atoms with Gasteiger partial charge in [0.15, 0.2) is 0 Å². The van der Waals surface area contributed by atoms with Crippen molar-refractivity contribution in [1.82, 2.24) is 9.62 Å². The van der Waals surface area contributed by atoms with Crippen LogP contribution in [0.3, 0.4) is 0 Å². The first kappa shape index (κ1) is 23.1. The van der Waals surface area contributed by atoms with Gasteiger partial charge in [-0.15, -0.1) is 0 Å². The van der Waals surface area contributed by atoms with E-state index in [0.29, 0.717) is 0 Å². The number of nitrogens with one attached hydrogen (secondary N) is 1. The van der Waals surface area contributed by atoms with Gasteiger partial charge in [0.25, 0.3) is 0 Å². The minimum Gasteiger partial charge on any atom is -0.497 e. The molecule has 156 valence electrons. The molecule has 29 heavy (non-hydrogen) atoms. The average molecular weight is 414 g/mol. The maximum Gasteiger partial charge on any atom is 0.118 e. The maximum atomic E-state index is 9.15. The summed E-state index contributed by atoms with van der Waals surface area (Å²) in [6, 6.07) is 10.5. The van der Waals surface area contributed by atoms with Gasteiger partial charge in [0.2, 0.25) is 0 Å². The Hall–Kier alpha value is -2.20. The summed E-state index contributed by atoms with van der Waals surface area (Å²) in [7, 11) is 3.38. The van der Waals surface area contributed by atoms with Crippen molar-refractivity contribution >= 4 is 11.9 Å². The standard InChI is InChI=1S/C23H31N3O2S/c1-23(2,18-24)25-14-15-29-26(17-20-9-12-22(28-4)13-10-20)16-19-6-5-7-21(27-3)11-8-19/h6-13,25H,5,14-17H2,1-4H3. The fraction of sp³-hybridized carbons (Fsp3) is 0.435. The Bertz CT molecular complexity index is 776. The fourth-order valence-electron chi connectivity index (χ4n) is 2.78. The van der Waals surface area contributed by atoms with Crippen LogP contribution in [0.2, 0.25) is 0 Å². The van der Waals surface area contributed by atoms with Gasteiger partial charge in [-0.25, -0.2) is 4.31 Å². The second kappa shape index (κ2) is 11.7. The van der Waals surface area contributed by atoms with Gasteiger partial charge in [0.05, 0.1) is 20.3 Å². The van der Waals surface area contributed by atoms with E-state index in [2.05, 4.69) is 46.1 Å². The van der Waals surface area contributed by atoms with E-state index in [0.717, 1.165) is 43.3 Å². The first-order valence-corrected chi connectivity index (χ1v) is 10.7. The zero-order valence-corrected chi connectivity index (χ0v) is 18.6. The molecule has 0 amide bonds. The summed E-state index contributed by atoms with van der Waals surface area (Å²) in [5.74, 6) is 2.65. The molecule has 0 heterocycles. The van der Waals surface area contributed by atoms with E-state index in [1.54, 1.807) is 26.2 Å². The molecule has 0 atom stereocenters. The van der Waals surface area contributed by atoms with Crippen LogP contribution in [-0.4, -0.2) is 42.9 Å². The van der Waals surface area contributed by atoms with Crippen LogP contribution in [0.25, 0.3) is 0 Å². The number of hydrogen-bond acceptors (Lipinski definition) is 6. The summed E-state index contributed by atoms with van der Waals surface area (Å²) < 4.78 is 13.0. The van der Waals surface area contributed by atoms with Crippen molar-refractivity contribution in [2.75, 3.05) is 33.1 Å². The average Bonchev–Trinajstić information content (AvgIpc) is 2.96. The fourth-order valence-corrected chi connectivity index (χ4v) is 3.72. The van der Waals surface area contributed by atoms with Crippen molar-refractivity contribution in [2.45, 2.75) is 32.4 Å². The van der Waals surface area contributed by atoms with Crippen LogP contribution < -0.4 is 10.1 Å². The van der Waals surface area contributed by atoms with E-state index in [4.69, 9.17) is 14.7 Å². The molecule has 1 N–H and O–H groups in total. The lowest BCUT2D eigenvalue weighted by atomic mass is 10.1. The minimum atomic E-state index is -0.504. The lowest BCUT2D eigenvalue weighted by Gasteiger charge is -2.23.